The largest absolute Gasteiger partial charge is 0.493 e. The molecule has 0 atom stereocenters. The maximum absolute atomic E-state index is 12.5. The average Bonchev–Trinajstić information content (AvgIpc) is 2.70. The van der Waals surface area contributed by atoms with Crippen LogP contribution >= 0.6 is 0 Å². The highest BCUT2D eigenvalue weighted by molar-refractivity contribution is 5.76. The normalized spacial score (nSPS) is 13.2. The number of pyridine rings is 1. The quantitative estimate of drug-likeness (QED) is 0.771. The summed E-state index contributed by atoms with van der Waals surface area (Å²) in [5.41, 5.74) is 3.47. The van der Waals surface area contributed by atoms with Gasteiger partial charge in [0.2, 0.25) is 5.91 Å². The fourth-order valence-corrected chi connectivity index (χ4v) is 3.18. The minimum atomic E-state index is 0.170. The van der Waals surface area contributed by atoms with Crippen LogP contribution in [0.5, 0.6) is 11.5 Å². The van der Waals surface area contributed by atoms with E-state index in [2.05, 4.69) is 10.3 Å². The van der Waals surface area contributed by atoms with E-state index in [4.69, 9.17) is 9.47 Å². The molecule has 26 heavy (non-hydrogen) atoms. The first kappa shape index (κ1) is 18.2. The van der Waals surface area contributed by atoms with Crippen LogP contribution in [0.1, 0.15) is 23.1 Å². The molecule has 0 fully saturated rings. The molecule has 0 spiro atoms. The van der Waals surface area contributed by atoms with E-state index in [-0.39, 0.29) is 5.91 Å². The predicted molar refractivity (Wildman–Crippen MR) is 99.2 cm³/mol. The Bertz CT molecular complexity index is 749. The highest BCUT2D eigenvalue weighted by Crippen LogP contribution is 2.33. The lowest BCUT2D eigenvalue weighted by Crippen LogP contribution is -2.37. The summed E-state index contributed by atoms with van der Waals surface area (Å²) in [6.45, 7) is 2.74. The van der Waals surface area contributed by atoms with Crippen molar-refractivity contribution in [2.24, 2.45) is 0 Å². The SMILES string of the molecule is COc1cc2c(cc1OC)CN(C(=O)CCNCc1cccnc1)CC2. The molecule has 1 aliphatic rings. The summed E-state index contributed by atoms with van der Waals surface area (Å²) in [4.78, 5) is 18.5. The Morgan fingerprint density at radius 3 is 2.69 bits per heavy atom. The second-order valence-electron chi connectivity index (χ2n) is 6.33. The van der Waals surface area contributed by atoms with Crippen molar-refractivity contribution in [1.82, 2.24) is 15.2 Å². The zero-order chi connectivity index (χ0) is 18.4. The minimum absolute atomic E-state index is 0.170. The van der Waals surface area contributed by atoms with Crippen LogP contribution in [0, 0.1) is 0 Å². The van der Waals surface area contributed by atoms with Crippen molar-refractivity contribution in [3.05, 3.63) is 53.3 Å². The van der Waals surface area contributed by atoms with Gasteiger partial charge in [0.05, 0.1) is 14.2 Å². The van der Waals surface area contributed by atoms with Crippen molar-refractivity contribution in [2.45, 2.75) is 25.9 Å². The number of nitrogens with zero attached hydrogens (tertiary/aromatic N) is 2. The molecular formula is C20H25N3O3. The molecule has 0 saturated carbocycles. The molecule has 0 saturated heterocycles. The molecule has 3 rings (SSSR count). The lowest BCUT2D eigenvalue weighted by molar-refractivity contribution is -0.132. The third kappa shape index (κ3) is 4.32. The van der Waals surface area contributed by atoms with E-state index < -0.39 is 0 Å². The van der Waals surface area contributed by atoms with Gasteiger partial charge in [-0.15, -0.1) is 0 Å². The Kier molecular flexibility index (Phi) is 6.07. The Balaban J connectivity index is 1.52. The molecule has 1 amide bonds. The van der Waals surface area contributed by atoms with Gasteiger partial charge in [0, 0.05) is 45.0 Å². The second kappa shape index (κ2) is 8.67. The number of carbonyl (C=O) groups is 1. The molecule has 0 radical (unpaired) electrons. The smallest absolute Gasteiger partial charge is 0.224 e. The van der Waals surface area contributed by atoms with Gasteiger partial charge in [-0.2, -0.15) is 0 Å². The average molecular weight is 355 g/mol. The minimum Gasteiger partial charge on any atom is -0.493 e. The number of ether oxygens (including phenoxy) is 2. The lowest BCUT2D eigenvalue weighted by atomic mass is 9.98. The van der Waals surface area contributed by atoms with Gasteiger partial charge in [0.1, 0.15) is 0 Å². The number of nitrogens with one attached hydrogen (secondary N) is 1. The maximum atomic E-state index is 12.5. The van der Waals surface area contributed by atoms with Crippen LogP contribution in [0.15, 0.2) is 36.7 Å². The number of carbonyl (C=O) groups excluding carboxylic acids is 1. The number of rotatable bonds is 7. The molecule has 2 heterocycles. The van der Waals surface area contributed by atoms with Crippen molar-refractivity contribution in [1.29, 1.82) is 0 Å². The van der Waals surface area contributed by atoms with E-state index in [1.54, 1.807) is 20.4 Å². The molecular weight excluding hydrogens is 330 g/mol. The Morgan fingerprint density at radius 2 is 2.00 bits per heavy atom. The maximum Gasteiger partial charge on any atom is 0.224 e. The first-order valence-electron chi connectivity index (χ1n) is 8.82. The van der Waals surface area contributed by atoms with E-state index in [0.717, 1.165) is 36.4 Å². The Labute approximate surface area is 154 Å². The van der Waals surface area contributed by atoms with E-state index in [1.165, 1.54) is 5.56 Å². The molecule has 0 unspecified atom stereocenters. The number of benzene rings is 1. The predicted octanol–water partition coefficient (Wildman–Crippen LogP) is 2.16. The summed E-state index contributed by atoms with van der Waals surface area (Å²) in [5.74, 6) is 1.62. The van der Waals surface area contributed by atoms with Crippen molar-refractivity contribution < 1.29 is 14.3 Å². The molecule has 138 valence electrons. The lowest BCUT2D eigenvalue weighted by Gasteiger charge is -2.29. The topological polar surface area (TPSA) is 63.7 Å². The van der Waals surface area contributed by atoms with Crippen molar-refractivity contribution >= 4 is 5.91 Å². The zero-order valence-electron chi connectivity index (χ0n) is 15.3. The first-order valence-corrected chi connectivity index (χ1v) is 8.82. The van der Waals surface area contributed by atoms with Crippen LogP contribution in [0.2, 0.25) is 0 Å². The van der Waals surface area contributed by atoms with E-state index in [9.17, 15) is 4.79 Å². The Morgan fingerprint density at radius 1 is 1.23 bits per heavy atom. The van der Waals surface area contributed by atoms with Crippen LogP contribution in [0.25, 0.3) is 0 Å². The molecule has 1 aromatic carbocycles. The summed E-state index contributed by atoms with van der Waals surface area (Å²) in [6, 6.07) is 7.93. The summed E-state index contributed by atoms with van der Waals surface area (Å²) < 4.78 is 10.7. The molecule has 1 N–H and O–H groups in total. The van der Waals surface area contributed by atoms with Gasteiger partial charge in [0.15, 0.2) is 11.5 Å². The molecule has 0 bridgehead atoms. The number of hydrogen-bond donors (Lipinski definition) is 1. The van der Waals surface area contributed by atoms with Crippen LogP contribution in [-0.4, -0.2) is 43.1 Å². The van der Waals surface area contributed by atoms with E-state index in [1.807, 2.05) is 35.4 Å². The Hall–Kier alpha value is -2.60. The van der Waals surface area contributed by atoms with Gasteiger partial charge in [-0.05, 0) is 41.3 Å². The van der Waals surface area contributed by atoms with E-state index >= 15 is 0 Å². The molecule has 6 heteroatoms. The number of methoxy groups -OCH3 is 2. The summed E-state index contributed by atoms with van der Waals surface area (Å²) in [6.07, 6.45) is 4.91. The fraction of sp³-hybridized carbons (Fsp3) is 0.400. The summed E-state index contributed by atoms with van der Waals surface area (Å²) in [5, 5.41) is 3.30. The summed E-state index contributed by atoms with van der Waals surface area (Å²) in [7, 11) is 3.27. The third-order valence-electron chi connectivity index (χ3n) is 4.64. The number of amides is 1. The molecule has 6 nitrogen and oxygen atoms in total. The van der Waals surface area contributed by atoms with Crippen LogP contribution < -0.4 is 14.8 Å². The van der Waals surface area contributed by atoms with Gasteiger partial charge in [-0.25, -0.2) is 0 Å². The zero-order valence-corrected chi connectivity index (χ0v) is 15.3. The first-order chi connectivity index (χ1) is 12.7. The summed E-state index contributed by atoms with van der Waals surface area (Å²) >= 11 is 0. The molecule has 2 aromatic rings. The highest BCUT2D eigenvalue weighted by atomic mass is 16.5. The van der Waals surface area contributed by atoms with Crippen LogP contribution in [0.3, 0.4) is 0 Å². The van der Waals surface area contributed by atoms with Gasteiger partial charge >= 0.3 is 0 Å². The molecule has 1 aromatic heterocycles. The fourth-order valence-electron chi connectivity index (χ4n) is 3.18. The van der Waals surface area contributed by atoms with Crippen molar-refractivity contribution in [3.8, 4) is 11.5 Å². The van der Waals surface area contributed by atoms with Gasteiger partial charge in [0.25, 0.3) is 0 Å². The van der Waals surface area contributed by atoms with Crippen LogP contribution in [0.4, 0.5) is 0 Å². The van der Waals surface area contributed by atoms with Gasteiger partial charge in [-0.1, -0.05) is 6.07 Å². The van der Waals surface area contributed by atoms with Gasteiger partial charge in [-0.3, -0.25) is 9.78 Å². The van der Waals surface area contributed by atoms with Gasteiger partial charge < -0.3 is 19.7 Å². The second-order valence-corrected chi connectivity index (χ2v) is 6.33. The van der Waals surface area contributed by atoms with Crippen molar-refractivity contribution in [2.75, 3.05) is 27.3 Å². The number of hydrogen-bond acceptors (Lipinski definition) is 5. The number of fused-ring (bicyclic) bond motifs is 1. The third-order valence-corrected chi connectivity index (χ3v) is 4.64. The monoisotopic (exact) mass is 355 g/mol. The molecule has 1 aliphatic heterocycles. The van der Waals surface area contributed by atoms with Crippen molar-refractivity contribution in [3.63, 3.8) is 0 Å². The highest BCUT2D eigenvalue weighted by Gasteiger charge is 2.22. The van der Waals surface area contributed by atoms with Crippen LogP contribution in [-0.2, 0) is 24.3 Å². The number of aromatic nitrogens is 1. The van der Waals surface area contributed by atoms with E-state index in [0.29, 0.717) is 25.3 Å². The molecule has 0 aliphatic carbocycles. The standard InChI is InChI=1S/C20H25N3O3/c1-25-18-10-16-6-9-23(14-17(16)11-19(18)26-2)20(24)5-8-22-13-15-4-3-7-21-12-15/h3-4,7,10-12,22H,5-6,8-9,13-14H2,1-2H3.